The predicted molar refractivity (Wildman–Crippen MR) is 122 cm³/mol. The summed E-state index contributed by atoms with van der Waals surface area (Å²) >= 11 is 0. The molecule has 2 aromatic heterocycles. The van der Waals surface area contributed by atoms with Crippen molar-refractivity contribution in [1.29, 1.82) is 0 Å². The molecule has 5 heterocycles. The molecule has 10 heteroatoms. The van der Waals surface area contributed by atoms with Gasteiger partial charge in [-0.05, 0) is 32.9 Å². The van der Waals surface area contributed by atoms with Gasteiger partial charge in [0.25, 0.3) is 0 Å². The number of nitrogens with one attached hydrogen (secondary N) is 1. The first-order valence-corrected chi connectivity index (χ1v) is 11.3. The Hall–Kier alpha value is -2.98. The highest BCUT2D eigenvalue weighted by Crippen LogP contribution is 2.37. The Morgan fingerprint density at radius 2 is 1.91 bits per heavy atom. The molecule has 0 amide bonds. The molecule has 0 radical (unpaired) electrons. The summed E-state index contributed by atoms with van der Waals surface area (Å²) in [5, 5.41) is 21.7. The molecule has 3 aliphatic heterocycles. The Labute approximate surface area is 195 Å². The average Bonchev–Trinajstić information content (AvgIpc) is 2.80. The van der Waals surface area contributed by atoms with Gasteiger partial charge in [-0.1, -0.05) is 12.1 Å². The van der Waals surface area contributed by atoms with Crippen LogP contribution in [0.25, 0.3) is 10.9 Å². The van der Waals surface area contributed by atoms with E-state index in [-0.39, 0.29) is 17.8 Å². The molecule has 3 unspecified atom stereocenters. The van der Waals surface area contributed by atoms with E-state index in [4.69, 9.17) is 4.74 Å². The van der Waals surface area contributed by atoms with Gasteiger partial charge in [0, 0.05) is 30.5 Å². The monoisotopic (exact) mass is 473 g/mol. The summed E-state index contributed by atoms with van der Waals surface area (Å²) in [7, 11) is 0. The number of anilines is 2. The molecule has 4 atom stereocenters. The summed E-state index contributed by atoms with van der Waals surface area (Å²) in [4.78, 5) is 6.82. The minimum atomic E-state index is -3.71. The van der Waals surface area contributed by atoms with Gasteiger partial charge in [0.15, 0.2) is 5.82 Å². The molecule has 0 spiro atoms. The normalized spacial score (nSPS) is 21.8. The maximum Gasteiger partial charge on any atom is 0.301 e. The third-order valence-corrected chi connectivity index (χ3v) is 6.63. The maximum atomic E-state index is 15.1. The van der Waals surface area contributed by atoms with Gasteiger partial charge in [-0.15, -0.1) is 5.10 Å². The zero-order chi connectivity index (χ0) is 24.2. The number of aliphatic hydroxyl groups excluding tert-OH is 1. The first kappa shape index (κ1) is 22.8. The van der Waals surface area contributed by atoms with Crippen LogP contribution in [0.5, 0.6) is 0 Å². The molecule has 2 N–H and O–H groups in total. The third-order valence-electron chi connectivity index (χ3n) is 6.63. The lowest BCUT2D eigenvalue weighted by atomic mass is 9.97. The Bertz CT molecular complexity index is 1220. The smallest absolute Gasteiger partial charge is 0.301 e. The highest BCUT2D eigenvalue weighted by Gasteiger charge is 2.41. The van der Waals surface area contributed by atoms with Crippen LogP contribution in [0.15, 0.2) is 30.5 Å². The van der Waals surface area contributed by atoms with E-state index in [1.807, 2.05) is 6.07 Å². The van der Waals surface area contributed by atoms with Crippen LogP contribution in [0.4, 0.5) is 24.7 Å². The van der Waals surface area contributed by atoms with Gasteiger partial charge in [-0.2, -0.15) is 13.9 Å². The van der Waals surface area contributed by atoms with E-state index in [1.165, 1.54) is 12.1 Å². The van der Waals surface area contributed by atoms with Gasteiger partial charge < -0.3 is 20.1 Å². The highest BCUT2D eigenvalue weighted by molar-refractivity contribution is 5.92. The molecule has 180 valence electrons. The van der Waals surface area contributed by atoms with Gasteiger partial charge in [0.1, 0.15) is 11.9 Å². The summed E-state index contributed by atoms with van der Waals surface area (Å²) in [5.41, 5.74) is 1.42. The molecule has 2 bridgehead atoms. The molecular weight excluding hydrogens is 447 g/mol. The molecule has 0 aliphatic carbocycles. The van der Waals surface area contributed by atoms with Gasteiger partial charge >= 0.3 is 5.92 Å². The molecule has 3 saturated heterocycles. The number of aryl methyl sites for hydroxylation is 1. The number of alkyl halides is 2. The quantitative estimate of drug-likeness (QED) is 0.558. The number of piperidine rings is 1. The van der Waals surface area contributed by atoms with Crippen LogP contribution >= 0.6 is 0 Å². The van der Waals surface area contributed by atoms with Crippen molar-refractivity contribution in [3.8, 4) is 0 Å². The molecule has 3 aliphatic rings. The Kier molecular flexibility index (Phi) is 5.60. The number of benzene rings is 1. The minimum Gasteiger partial charge on any atom is -0.387 e. The van der Waals surface area contributed by atoms with Crippen LogP contribution in [0.3, 0.4) is 0 Å². The van der Waals surface area contributed by atoms with Crippen molar-refractivity contribution in [3.63, 3.8) is 0 Å². The van der Waals surface area contributed by atoms with E-state index in [0.29, 0.717) is 22.4 Å². The third kappa shape index (κ3) is 3.84. The Morgan fingerprint density at radius 1 is 1.21 bits per heavy atom. The summed E-state index contributed by atoms with van der Waals surface area (Å²) in [6.45, 7) is 5.97. The van der Waals surface area contributed by atoms with Crippen molar-refractivity contribution in [2.24, 2.45) is 0 Å². The Balaban J connectivity index is 1.48. The van der Waals surface area contributed by atoms with Crippen molar-refractivity contribution in [2.45, 2.75) is 57.5 Å². The van der Waals surface area contributed by atoms with Crippen molar-refractivity contribution >= 4 is 22.4 Å². The molecular formula is C24H26F3N5O2. The molecule has 3 aromatic rings. The van der Waals surface area contributed by atoms with E-state index < -0.39 is 29.4 Å². The second-order valence-corrected chi connectivity index (χ2v) is 9.12. The lowest BCUT2D eigenvalue weighted by molar-refractivity contribution is -0.133. The fourth-order valence-electron chi connectivity index (χ4n) is 4.64. The van der Waals surface area contributed by atoms with Gasteiger partial charge in [0.2, 0.25) is 0 Å². The summed E-state index contributed by atoms with van der Waals surface area (Å²) < 4.78 is 49.5. The fourth-order valence-corrected chi connectivity index (χ4v) is 4.64. The number of fused-ring (bicyclic) bond motifs is 3. The van der Waals surface area contributed by atoms with Gasteiger partial charge in [-0.3, -0.25) is 4.98 Å². The van der Waals surface area contributed by atoms with Crippen LogP contribution in [0.1, 0.15) is 43.1 Å². The van der Waals surface area contributed by atoms with E-state index in [0.717, 1.165) is 38.2 Å². The summed E-state index contributed by atoms with van der Waals surface area (Å²) in [6, 6.07) is 5.04. The fraction of sp³-hybridized carbons (Fsp3) is 0.458. The van der Waals surface area contributed by atoms with Gasteiger partial charge in [-0.25, -0.2) is 4.39 Å². The number of ether oxygens (including phenoxy) is 1. The second-order valence-electron chi connectivity index (χ2n) is 9.12. The first-order chi connectivity index (χ1) is 16.1. The van der Waals surface area contributed by atoms with E-state index in [2.05, 4.69) is 25.4 Å². The van der Waals surface area contributed by atoms with Crippen LogP contribution in [0.2, 0.25) is 0 Å². The SMILES string of the molecule is Cc1nnc(N[C@H](C)c2cccc(C(F)(F)C(C)O)c2F)c2cc(N3CC4CC(C3)O4)cnc12. The van der Waals surface area contributed by atoms with Crippen LogP contribution in [-0.2, 0) is 10.7 Å². The molecule has 7 nitrogen and oxygen atoms in total. The van der Waals surface area contributed by atoms with Crippen molar-refractivity contribution in [1.82, 2.24) is 15.2 Å². The molecule has 6 rings (SSSR count). The number of hydrogen-bond donors (Lipinski definition) is 2. The lowest BCUT2D eigenvalue weighted by Gasteiger charge is -2.47. The first-order valence-electron chi connectivity index (χ1n) is 11.3. The molecule has 3 fully saturated rings. The predicted octanol–water partition coefficient (Wildman–Crippen LogP) is 4.10. The zero-order valence-electron chi connectivity index (χ0n) is 19.1. The standard InChI is InChI=1S/C24H26F3N5O2/c1-12(18-5-4-6-20(21(18)25)24(26,27)14(3)33)29-23-19-7-15(9-28-22(19)13(2)30-31-23)32-10-16-8-17(11-32)34-16/h4-7,9,12,14,16-17,33H,8,10-11H2,1-3H3,(H,29,31)/t12-,14?,16?,17?/m1/s1. The van der Waals surface area contributed by atoms with E-state index in [9.17, 15) is 13.9 Å². The Morgan fingerprint density at radius 3 is 2.59 bits per heavy atom. The number of aromatic nitrogens is 3. The van der Waals surface area contributed by atoms with Crippen molar-refractivity contribution in [3.05, 3.63) is 53.1 Å². The van der Waals surface area contributed by atoms with Crippen LogP contribution in [-0.4, -0.2) is 51.7 Å². The largest absolute Gasteiger partial charge is 0.387 e. The van der Waals surface area contributed by atoms with Crippen molar-refractivity contribution in [2.75, 3.05) is 23.3 Å². The zero-order valence-corrected chi connectivity index (χ0v) is 19.1. The number of aliphatic hydroxyl groups is 1. The lowest BCUT2D eigenvalue weighted by Crippen LogP contribution is -2.57. The van der Waals surface area contributed by atoms with Gasteiger partial charge in [0.05, 0.1) is 46.9 Å². The number of morpholine rings is 1. The van der Waals surface area contributed by atoms with E-state index >= 15 is 4.39 Å². The van der Waals surface area contributed by atoms with Crippen LogP contribution < -0.4 is 10.2 Å². The van der Waals surface area contributed by atoms with Crippen molar-refractivity contribution < 1.29 is 23.0 Å². The van der Waals surface area contributed by atoms with Crippen LogP contribution in [0, 0.1) is 12.7 Å². The molecule has 1 aromatic carbocycles. The van der Waals surface area contributed by atoms with E-state index in [1.54, 1.807) is 20.0 Å². The summed E-state index contributed by atoms with van der Waals surface area (Å²) in [6.07, 6.45) is 1.32. The summed E-state index contributed by atoms with van der Waals surface area (Å²) in [5.74, 6) is -4.40. The highest BCUT2D eigenvalue weighted by atomic mass is 19.3. The number of nitrogens with zero attached hydrogens (tertiary/aromatic N) is 4. The number of hydrogen-bond acceptors (Lipinski definition) is 7. The second kappa shape index (κ2) is 8.35. The number of halogens is 3. The number of pyridine rings is 1. The molecule has 34 heavy (non-hydrogen) atoms. The minimum absolute atomic E-state index is 0.0331. The maximum absolute atomic E-state index is 15.1. The number of rotatable bonds is 6. The topological polar surface area (TPSA) is 83.4 Å². The average molecular weight is 473 g/mol. The molecule has 0 saturated carbocycles.